The number of amidine groups is 1. The molecule has 190 valence electrons. The van der Waals surface area contributed by atoms with Crippen LogP contribution in [0.25, 0.3) is 0 Å². The summed E-state index contributed by atoms with van der Waals surface area (Å²) in [6, 6.07) is 13.1. The summed E-state index contributed by atoms with van der Waals surface area (Å²) in [5.74, 6) is 0.813. The summed E-state index contributed by atoms with van der Waals surface area (Å²) in [7, 11) is 0. The fourth-order valence-corrected chi connectivity index (χ4v) is 5.43. The highest BCUT2D eigenvalue weighted by Gasteiger charge is 2.35. The Kier molecular flexibility index (Phi) is 7.28. The molecule has 37 heavy (non-hydrogen) atoms. The van der Waals surface area contributed by atoms with Gasteiger partial charge in [-0.2, -0.15) is 18.4 Å². The van der Waals surface area contributed by atoms with Crippen LogP contribution in [-0.2, 0) is 16.7 Å². The third kappa shape index (κ3) is 5.32. The summed E-state index contributed by atoms with van der Waals surface area (Å²) in [6.45, 7) is 6.73. The minimum absolute atomic E-state index is 0.245. The predicted octanol–water partition coefficient (Wildman–Crippen LogP) is 6.90. The van der Waals surface area contributed by atoms with Crippen LogP contribution in [0.15, 0.2) is 69.3 Å². The SMILES string of the molecule is CC(=O)C1=C(C)N(c2cccc(C(F)(F)F)c2)C(SCc2c(C)noc2C)=NC1c1ccc(C#N)cc1. The molecule has 0 bridgehead atoms. The monoisotopic (exact) mass is 524 g/mol. The number of nitriles is 1. The van der Waals surface area contributed by atoms with Crippen molar-refractivity contribution in [2.45, 2.75) is 45.7 Å². The van der Waals surface area contributed by atoms with Crippen LogP contribution in [-0.4, -0.2) is 16.1 Å². The second-order valence-electron chi connectivity index (χ2n) is 8.58. The maximum Gasteiger partial charge on any atom is 0.416 e. The molecule has 3 aromatic rings. The van der Waals surface area contributed by atoms with Gasteiger partial charge in [-0.3, -0.25) is 9.69 Å². The number of allylic oxidation sites excluding steroid dienone is 1. The molecule has 1 unspecified atom stereocenters. The van der Waals surface area contributed by atoms with Gasteiger partial charge in [-0.1, -0.05) is 35.1 Å². The number of nitrogens with zero attached hydrogens (tertiary/aromatic N) is 4. The lowest BCUT2D eigenvalue weighted by Crippen LogP contribution is -2.34. The van der Waals surface area contributed by atoms with Gasteiger partial charge in [-0.05, 0) is 63.6 Å². The first-order chi connectivity index (χ1) is 17.5. The largest absolute Gasteiger partial charge is 0.416 e. The van der Waals surface area contributed by atoms with Gasteiger partial charge in [0.2, 0.25) is 0 Å². The van der Waals surface area contributed by atoms with E-state index in [1.807, 2.05) is 6.92 Å². The normalized spacial score (nSPS) is 16.0. The minimum Gasteiger partial charge on any atom is -0.361 e. The van der Waals surface area contributed by atoms with E-state index in [2.05, 4.69) is 11.2 Å². The second kappa shape index (κ2) is 10.3. The fraction of sp³-hybridized carbons (Fsp3) is 0.259. The van der Waals surface area contributed by atoms with E-state index < -0.39 is 17.8 Å². The number of aryl methyl sites for hydroxylation is 2. The molecule has 0 aliphatic carbocycles. The number of anilines is 1. The van der Waals surface area contributed by atoms with Gasteiger partial charge in [0.1, 0.15) is 11.8 Å². The van der Waals surface area contributed by atoms with E-state index >= 15 is 0 Å². The Hall–Kier alpha value is -3.84. The maximum absolute atomic E-state index is 13.5. The number of Topliss-reactive ketones (excluding diaryl/α,β-unsaturated/α-hetero) is 1. The van der Waals surface area contributed by atoms with Gasteiger partial charge in [0, 0.05) is 28.3 Å². The number of rotatable bonds is 5. The molecule has 2 aromatic carbocycles. The molecule has 0 radical (unpaired) electrons. The van der Waals surface area contributed by atoms with E-state index in [-0.39, 0.29) is 11.5 Å². The van der Waals surface area contributed by atoms with Gasteiger partial charge in [-0.15, -0.1) is 0 Å². The first-order valence-electron chi connectivity index (χ1n) is 11.3. The fourth-order valence-electron chi connectivity index (χ4n) is 4.19. The molecule has 10 heteroatoms. The van der Waals surface area contributed by atoms with Crippen LogP contribution in [0.2, 0.25) is 0 Å². The number of carbonyl (C=O) groups is 1. The standard InChI is InChI=1S/C27H23F3N4O2S/c1-15-23(18(4)36-33-15)14-37-26-32-25(20-10-8-19(13-31)9-11-20)24(17(3)35)16(2)34(26)22-7-5-6-21(12-22)27(28,29)30/h5-12,25H,14H2,1-4H3. The smallest absolute Gasteiger partial charge is 0.361 e. The number of aromatic nitrogens is 1. The van der Waals surface area contributed by atoms with Crippen LogP contribution in [0.5, 0.6) is 0 Å². The van der Waals surface area contributed by atoms with Crippen LogP contribution in [0.4, 0.5) is 18.9 Å². The molecule has 1 atom stereocenters. The lowest BCUT2D eigenvalue weighted by Gasteiger charge is -2.35. The number of ketones is 1. The van der Waals surface area contributed by atoms with Crippen molar-refractivity contribution < 1.29 is 22.5 Å². The molecule has 0 saturated carbocycles. The number of aliphatic imine (C=N–C) groups is 1. The van der Waals surface area contributed by atoms with Crippen molar-refractivity contribution in [2.75, 3.05) is 4.90 Å². The Balaban J connectivity index is 1.86. The molecule has 1 aliphatic heterocycles. The van der Waals surface area contributed by atoms with E-state index in [0.29, 0.717) is 44.8 Å². The molecule has 0 spiro atoms. The van der Waals surface area contributed by atoms with Crippen molar-refractivity contribution in [3.63, 3.8) is 0 Å². The van der Waals surface area contributed by atoms with Crippen molar-refractivity contribution in [2.24, 2.45) is 4.99 Å². The van der Waals surface area contributed by atoms with Crippen molar-refractivity contribution in [3.8, 4) is 6.07 Å². The molecular weight excluding hydrogens is 501 g/mol. The molecule has 0 saturated heterocycles. The molecule has 1 aromatic heterocycles. The number of hydrogen-bond donors (Lipinski definition) is 0. The molecule has 1 aliphatic rings. The van der Waals surface area contributed by atoms with E-state index in [1.165, 1.54) is 24.8 Å². The van der Waals surface area contributed by atoms with Gasteiger partial charge in [0.15, 0.2) is 11.0 Å². The molecule has 0 amide bonds. The van der Waals surface area contributed by atoms with Gasteiger partial charge >= 0.3 is 6.18 Å². The van der Waals surface area contributed by atoms with E-state index in [9.17, 15) is 18.0 Å². The number of hydrogen-bond acceptors (Lipinski definition) is 7. The number of thioether (sulfide) groups is 1. The Morgan fingerprint density at radius 2 is 1.86 bits per heavy atom. The van der Waals surface area contributed by atoms with E-state index in [0.717, 1.165) is 17.7 Å². The maximum atomic E-state index is 13.5. The van der Waals surface area contributed by atoms with Gasteiger partial charge in [0.05, 0.1) is 22.9 Å². The lowest BCUT2D eigenvalue weighted by atomic mass is 9.93. The summed E-state index contributed by atoms with van der Waals surface area (Å²) >= 11 is 1.32. The van der Waals surface area contributed by atoms with E-state index in [1.54, 1.807) is 49.1 Å². The Labute approximate surface area is 216 Å². The topological polar surface area (TPSA) is 82.5 Å². The zero-order valence-electron chi connectivity index (χ0n) is 20.6. The van der Waals surface area contributed by atoms with Crippen molar-refractivity contribution in [1.29, 1.82) is 5.26 Å². The Bertz CT molecular complexity index is 1430. The average molecular weight is 525 g/mol. The summed E-state index contributed by atoms with van der Waals surface area (Å²) in [6.07, 6.45) is -4.53. The van der Waals surface area contributed by atoms with Crippen molar-refractivity contribution in [1.82, 2.24) is 5.16 Å². The van der Waals surface area contributed by atoms with Crippen LogP contribution in [0.3, 0.4) is 0 Å². The van der Waals surface area contributed by atoms with Gasteiger partial charge < -0.3 is 4.52 Å². The molecule has 2 heterocycles. The summed E-state index contributed by atoms with van der Waals surface area (Å²) in [5.41, 5.74) is 3.04. The molecule has 4 rings (SSSR count). The first-order valence-corrected chi connectivity index (χ1v) is 12.3. The summed E-state index contributed by atoms with van der Waals surface area (Å²) < 4.78 is 45.9. The highest BCUT2D eigenvalue weighted by atomic mass is 32.2. The molecular formula is C27H23F3N4O2S. The van der Waals surface area contributed by atoms with Crippen molar-refractivity contribution in [3.05, 3.63) is 93.5 Å². The van der Waals surface area contributed by atoms with Crippen LogP contribution in [0, 0.1) is 25.2 Å². The van der Waals surface area contributed by atoms with Crippen LogP contribution < -0.4 is 4.90 Å². The number of carbonyl (C=O) groups excluding carboxylic acids is 1. The predicted molar refractivity (Wildman–Crippen MR) is 136 cm³/mol. The van der Waals surface area contributed by atoms with Gasteiger partial charge in [0.25, 0.3) is 0 Å². The Morgan fingerprint density at radius 1 is 1.16 bits per heavy atom. The third-order valence-corrected chi connectivity index (χ3v) is 7.10. The zero-order chi connectivity index (χ0) is 26.9. The second-order valence-corrected chi connectivity index (χ2v) is 9.52. The van der Waals surface area contributed by atoms with Gasteiger partial charge in [-0.25, -0.2) is 4.99 Å². The average Bonchev–Trinajstić information content (AvgIpc) is 3.18. The summed E-state index contributed by atoms with van der Waals surface area (Å²) in [5, 5.41) is 13.6. The number of alkyl halides is 3. The molecule has 0 N–H and O–H groups in total. The minimum atomic E-state index is -4.53. The number of halogens is 3. The highest BCUT2D eigenvalue weighted by Crippen LogP contribution is 2.41. The van der Waals surface area contributed by atoms with Crippen LogP contribution >= 0.6 is 11.8 Å². The van der Waals surface area contributed by atoms with E-state index in [4.69, 9.17) is 14.8 Å². The molecule has 6 nitrogen and oxygen atoms in total. The summed E-state index contributed by atoms with van der Waals surface area (Å²) in [4.78, 5) is 19.3. The van der Waals surface area contributed by atoms with Crippen LogP contribution in [0.1, 0.15) is 53.6 Å². The number of benzene rings is 2. The van der Waals surface area contributed by atoms with Crippen molar-refractivity contribution >= 4 is 28.4 Å². The molecule has 0 fully saturated rings. The quantitative estimate of drug-likeness (QED) is 0.361. The lowest BCUT2D eigenvalue weighted by molar-refractivity contribution is -0.137. The highest BCUT2D eigenvalue weighted by molar-refractivity contribution is 8.13. The third-order valence-electron chi connectivity index (χ3n) is 6.12. The Morgan fingerprint density at radius 3 is 2.43 bits per heavy atom. The zero-order valence-corrected chi connectivity index (χ0v) is 21.4. The first kappa shape index (κ1) is 26.2.